The van der Waals surface area contributed by atoms with Crippen molar-refractivity contribution < 1.29 is 18.8 Å². The molecule has 0 aliphatic heterocycles. The molecule has 8 heteroatoms. The number of carbonyl (C=O) groups is 2. The van der Waals surface area contributed by atoms with Gasteiger partial charge in [-0.25, -0.2) is 0 Å². The molecular formula is C25H28N4O4. The standard InChI is InChI=1S/C25H28N4O4/c1-3-32-21-12-8-18(9-13-21)24-27-22(33-28-24)14-15-23(30)29(2)16-17-4-6-19(7-5-17)25(31)26-20-10-11-20/h4-9,12-13,20H,3,10-11,14-16H2,1-2H3,(H,26,31). The molecule has 4 rings (SSSR count). The first-order valence-electron chi connectivity index (χ1n) is 11.2. The molecule has 1 aliphatic carbocycles. The Bertz CT molecular complexity index is 1090. The number of carbonyl (C=O) groups excluding carboxylic acids is 2. The Labute approximate surface area is 192 Å². The minimum atomic E-state index is -0.0438. The van der Waals surface area contributed by atoms with E-state index in [1.165, 1.54) is 0 Å². The number of hydrogen-bond acceptors (Lipinski definition) is 6. The van der Waals surface area contributed by atoms with E-state index in [0.717, 1.165) is 29.7 Å². The van der Waals surface area contributed by atoms with Crippen molar-refractivity contribution in [1.82, 2.24) is 20.4 Å². The Hall–Kier alpha value is -3.68. The van der Waals surface area contributed by atoms with Gasteiger partial charge in [-0.1, -0.05) is 17.3 Å². The number of rotatable bonds is 10. The molecule has 1 aliphatic rings. The SMILES string of the molecule is CCOc1ccc(-c2noc(CCC(=O)N(C)Cc3ccc(C(=O)NC4CC4)cc3)n2)cc1. The van der Waals surface area contributed by atoms with Crippen molar-refractivity contribution in [3.63, 3.8) is 0 Å². The predicted molar refractivity (Wildman–Crippen MR) is 123 cm³/mol. The van der Waals surface area contributed by atoms with E-state index < -0.39 is 0 Å². The molecule has 172 valence electrons. The Balaban J connectivity index is 1.26. The maximum Gasteiger partial charge on any atom is 0.251 e. The summed E-state index contributed by atoms with van der Waals surface area (Å²) in [4.78, 5) is 30.7. The molecule has 2 amide bonds. The fraction of sp³-hybridized carbons (Fsp3) is 0.360. The van der Waals surface area contributed by atoms with E-state index >= 15 is 0 Å². The third kappa shape index (κ3) is 6.19. The molecule has 1 heterocycles. The van der Waals surface area contributed by atoms with E-state index in [0.29, 0.717) is 42.9 Å². The van der Waals surface area contributed by atoms with Crippen molar-refractivity contribution in [3.05, 3.63) is 65.5 Å². The smallest absolute Gasteiger partial charge is 0.251 e. The second-order valence-electron chi connectivity index (χ2n) is 8.16. The van der Waals surface area contributed by atoms with Gasteiger partial charge in [0, 0.05) is 43.6 Å². The average molecular weight is 449 g/mol. The molecular weight excluding hydrogens is 420 g/mol. The molecule has 0 bridgehead atoms. The fourth-order valence-corrected chi connectivity index (χ4v) is 3.37. The molecule has 1 saturated carbocycles. The van der Waals surface area contributed by atoms with Crippen LogP contribution in [0.5, 0.6) is 5.75 Å². The van der Waals surface area contributed by atoms with Crippen LogP contribution in [0.2, 0.25) is 0 Å². The number of nitrogens with zero attached hydrogens (tertiary/aromatic N) is 3. The first-order chi connectivity index (χ1) is 16.0. The summed E-state index contributed by atoms with van der Waals surface area (Å²) >= 11 is 0. The van der Waals surface area contributed by atoms with E-state index in [1.54, 1.807) is 24.1 Å². The Morgan fingerprint density at radius 3 is 2.52 bits per heavy atom. The third-order valence-electron chi connectivity index (χ3n) is 5.42. The molecule has 33 heavy (non-hydrogen) atoms. The van der Waals surface area contributed by atoms with Gasteiger partial charge < -0.3 is 19.5 Å². The van der Waals surface area contributed by atoms with E-state index in [-0.39, 0.29) is 18.2 Å². The summed E-state index contributed by atoms with van der Waals surface area (Å²) in [5, 5.41) is 6.98. The van der Waals surface area contributed by atoms with Crippen molar-refractivity contribution in [2.24, 2.45) is 0 Å². The molecule has 0 spiro atoms. The van der Waals surface area contributed by atoms with Gasteiger partial charge in [0.1, 0.15) is 5.75 Å². The number of nitrogens with one attached hydrogen (secondary N) is 1. The van der Waals surface area contributed by atoms with Crippen LogP contribution in [0.4, 0.5) is 0 Å². The Morgan fingerprint density at radius 2 is 1.85 bits per heavy atom. The molecule has 3 aromatic rings. The van der Waals surface area contributed by atoms with E-state index in [1.807, 2.05) is 43.3 Å². The van der Waals surface area contributed by atoms with Gasteiger partial charge in [0.05, 0.1) is 6.61 Å². The van der Waals surface area contributed by atoms with Crippen LogP contribution >= 0.6 is 0 Å². The summed E-state index contributed by atoms with van der Waals surface area (Å²) in [5.41, 5.74) is 2.43. The molecule has 0 saturated heterocycles. The topological polar surface area (TPSA) is 97.6 Å². The molecule has 0 radical (unpaired) electrons. The summed E-state index contributed by atoms with van der Waals surface area (Å²) in [6.45, 7) is 3.01. The molecule has 1 aromatic heterocycles. The van der Waals surface area contributed by atoms with Crippen LogP contribution in [0.15, 0.2) is 53.1 Å². The summed E-state index contributed by atoms with van der Waals surface area (Å²) in [7, 11) is 1.76. The van der Waals surface area contributed by atoms with Crippen molar-refractivity contribution in [3.8, 4) is 17.1 Å². The zero-order valence-corrected chi connectivity index (χ0v) is 18.9. The lowest BCUT2D eigenvalue weighted by molar-refractivity contribution is -0.130. The highest BCUT2D eigenvalue weighted by Crippen LogP contribution is 2.21. The van der Waals surface area contributed by atoms with Gasteiger partial charge >= 0.3 is 0 Å². The fourth-order valence-electron chi connectivity index (χ4n) is 3.37. The van der Waals surface area contributed by atoms with Gasteiger partial charge in [0.15, 0.2) is 0 Å². The number of hydrogen-bond donors (Lipinski definition) is 1. The van der Waals surface area contributed by atoms with Crippen molar-refractivity contribution >= 4 is 11.8 Å². The maximum atomic E-state index is 12.6. The van der Waals surface area contributed by atoms with Gasteiger partial charge in [-0.05, 0) is 61.7 Å². The third-order valence-corrected chi connectivity index (χ3v) is 5.42. The van der Waals surface area contributed by atoms with Crippen LogP contribution in [-0.2, 0) is 17.8 Å². The van der Waals surface area contributed by atoms with E-state index in [9.17, 15) is 9.59 Å². The van der Waals surface area contributed by atoms with Crippen LogP contribution in [0.25, 0.3) is 11.4 Å². The minimum absolute atomic E-state index is 0.0219. The zero-order chi connectivity index (χ0) is 23.2. The molecule has 1 N–H and O–H groups in total. The quantitative estimate of drug-likeness (QED) is 0.509. The van der Waals surface area contributed by atoms with Gasteiger partial charge in [-0.15, -0.1) is 0 Å². The number of ether oxygens (including phenoxy) is 1. The molecule has 1 fully saturated rings. The maximum absolute atomic E-state index is 12.6. The summed E-state index contributed by atoms with van der Waals surface area (Å²) < 4.78 is 10.8. The van der Waals surface area contributed by atoms with Crippen molar-refractivity contribution in [2.75, 3.05) is 13.7 Å². The summed E-state index contributed by atoms with van der Waals surface area (Å²) in [5.74, 6) is 1.63. The number of benzene rings is 2. The highest BCUT2D eigenvalue weighted by atomic mass is 16.5. The van der Waals surface area contributed by atoms with Gasteiger partial charge in [-0.2, -0.15) is 4.98 Å². The molecule has 0 atom stereocenters. The highest BCUT2D eigenvalue weighted by Gasteiger charge is 2.23. The largest absolute Gasteiger partial charge is 0.494 e. The second kappa shape index (κ2) is 10.3. The summed E-state index contributed by atoms with van der Waals surface area (Å²) in [6.07, 6.45) is 2.75. The normalized spacial score (nSPS) is 12.9. The van der Waals surface area contributed by atoms with E-state index in [2.05, 4.69) is 15.5 Å². The lowest BCUT2D eigenvalue weighted by Crippen LogP contribution is -2.27. The first-order valence-corrected chi connectivity index (χ1v) is 11.2. The first kappa shape index (κ1) is 22.5. The summed E-state index contributed by atoms with van der Waals surface area (Å²) in [6, 6.07) is 15.2. The average Bonchev–Trinajstić information content (AvgIpc) is 3.51. The van der Waals surface area contributed by atoms with Crippen molar-refractivity contribution in [1.29, 1.82) is 0 Å². The predicted octanol–water partition coefficient (Wildman–Crippen LogP) is 3.62. The Kier molecular flexibility index (Phi) is 7.02. The molecule has 8 nitrogen and oxygen atoms in total. The highest BCUT2D eigenvalue weighted by molar-refractivity contribution is 5.94. The van der Waals surface area contributed by atoms with Crippen LogP contribution < -0.4 is 10.1 Å². The van der Waals surface area contributed by atoms with Gasteiger partial charge in [0.25, 0.3) is 5.91 Å². The lowest BCUT2D eigenvalue weighted by atomic mass is 10.1. The monoisotopic (exact) mass is 448 g/mol. The number of aromatic nitrogens is 2. The Morgan fingerprint density at radius 1 is 1.12 bits per heavy atom. The van der Waals surface area contributed by atoms with Gasteiger partial charge in [-0.3, -0.25) is 9.59 Å². The molecule has 0 unspecified atom stereocenters. The van der Waals surface area contributed by atoms with Crippen LogP contribution in [0.1, 0.15) is 48.0 Å². The minimum Gasteiger partial charge on any atom is -0.494 e. The number of aryl methyl sites for hydroxylation is 1. The lowest BCUT2D eigenvalue weighted by Gasteiger charge is -2.17. The van der Waals surface area contributed by atoms with Crippen LogP contribution in [0.3, 0.4) is 0 Å². The van der Waals surface area contributed by atoms with E-state index in [4.69, 9.17) is 9.26 Å². The zero-order valence-electron chi connectivity index (χ0n) is 18.9. The second-order valence-corrected chi connectivity index (χ2v) is 8.16. The van der Waals surface area contributed by atoms with Crippen LogP contribution in [0, 0.1) is 0 Å². The van der Waals surface area contributed by atoms with Gasteiger partial charge in [0.2, 0.25) is 17.6 Å². The number of amides is 2. The van der Waals surface area contributed by atoms with Crippen LogP contribution in [-0.4, -0.2) is 46.6 Å². The van der Waals surface area contributed by atoms with Crippen molar-refractivity contribution in [2.45, 2.75) is 45.2 Å². The molecule has 2 aromatic carbocycles.